The fourth-order valence-electron chi connectivity index (χ4n) is 1.97. The highest BCUT2D eigenvalue weighted by atomic mass is 35.6. The Hall–Kier alpha value is -1.73. The van der Waals surface area contributed by atoms with Crippen LogP contribution in [0.3, 0.4) is 0 Å². The highest BCUT2D eigenvalue weighted by Crippen LogP contribution is 2.33. The smallest absolute Gasteiger partial charge is 0.282 e. The predicted octanol–water partition coefficient (Wildman–Crippen LogP) is 4.79. The molecule has 6 nitrogen and oxygen atoms in total. The van der Waals surface area contributed by atoms with Gasteiger partial charge in [0.1, 0.15) is 11.7 Å². The summed E-state index contributed by atoms with van der Waals surface area (Å²) in [5.74, 6) is -0.775. The average molecular weight is 423 g/mol. The third-order valence-corrected chi connectivity index (χ3v) is 4.11. The number of halogens is 4. The Morgan fingerprint density at radius 3 is 2.28 bits per heavy atom. The first-order valence-electron chi connectivity index (χ1n) is 6.82. The summed E-state index contributed by atoms with van der Waals surface area (Å²) in [5.41, 5.74) is -0.100. The molecule has 0 radical (unpaired) electrons. The first-order chi connectivity index (χ1) is 11.7. The van der Waals surface area contributed by atoms with Crippen LogP contribution in [0.15, 0.2) is 48.5 Å². The Labute approximate surface area is 163 Å². The lowest BCUT2D eigenvalue weighted by Crippen LogP contribution is -2.49. The molecular weight excluding hydrogens is 412 g/mol. The maximum atomic E-state index is 12.4. The van der Waals surface area contributed by atoms with Crippen LogP contribution in [-0.4, -0.2) is 20.8 Å². The Morgan fingerprint density at radius 2 is 1.68 bits per heavy atom. The Kier molecular flexibility index (Phi) is 6.35. The van der Waals surface area contributed by atoms with Gasteiger partial charge in [0.2, 0.25) is 3.79 Å². The summed E-state index contributed by atoms with van der Waals surface area (Å²) in [6.07, 6.45) is -1.19. The number of nitrogens with zero attached hydrogens (tertiary/aromatic N) is 1. The minimum Gasteiger partial charge on any atom is -0.361 e. The quantitative estimate of drug-likeness (QED) is 0.314. The molecule has 0 aliphatic heterocycles. The largest absolute Gasteiger partial charge is 0.361 e. The van der Waals surface area contributed by atoms with Crippen molar-refractivity contribution in [3.63, 3.8) is 0 Å². The fourth-order valence-corrected chi connectivity index (χ4v) is 2.48. The molecule has 132 valence electrons. The third-order valence-electron chi connectivity index (χ3n) is 3.12. The van der Waals surface area contributed by atoms with Crippen LogP contribution in [0.2, 0.25) is 5.02 Å². The molecule has 2 N–H and O–H groups in total. The van der Waals surface area contributed by atoms with E-state index in [9.17, 15) is 14.9 Å². The summed E-state index contributed by atoms with van der Waals surface area (Å²) in [4.78, 5) is 22.8. The van der Waals surface area contributed by atoms with Crippen LogP contribution in [0.5, 0.6) is 0 Å². The van der Waals surface area contributed by atoms with Crippen LogP contribution in [0.4, 0.5) is 11.4 Å². The van der Waals surface area contributed by atoms with Gasteiger partial charge in [0.15, 0.2) is 0 Å². The standard InChI is InChI=1S/C15H11Cl4N3O3/c16-10-6-2-3-7-11(10)20-14(15(17,18)19)21-13(23)9-5-1-4-8-12(9)22(24)25/h1-8,14,20H,(H,21,23)/t14-/m1/s1. The van der Waals surface area contributed by atoms with Gasteiger partial charge >= 0.3 is 0 Å². The molecule has 0 fully saturated rings. The lowest BCUT2D eigenvalue weighted by molar-refractivity contribution is -0.385. The van der Waals surface area contributed by atoms with Gasteiger partial charge in [-0.3, -0.25) is 14.9 Å². The van der Waals surface area contributed by atoms with Crippen molar-refractivity contribution in [1.82, 2.24) is 5.32 Å². The topological polar surface area (TPSA) is 84.3 Å². The molecule has 2 aromatic rings. The molecule has 25 heavy (non-hydrogen) atoms. The molecule has 2 rings (SSSR count). The molecule has 0 saturated carbocycles. The van der Waals surface area contributed by atoms with Gasteiger partial charge in [0, 0.05) is 6.07 Å². The van der Waals surface area contributed by atoms with E-state index in [2.05, 4.69) is 10.6 Å². The zero-order valence-corrected chi connectivity index (χ0v) is 15.4. The maximum Gasteiger partial charge on any atom is 0.282 e. The number of anilines is 1. The van der Waals surface area contributed by atoms with Crippen LogP contribution >= 0.6 is 46.4 Å². The minimum absolute atomic E-state index is 0.160. The van der Waals surface area contributed by atoms with Crippen molar-refractivity contribution in [2.45, 2.75) is 9.96 Å². The SMILES string of the molecule is O=C(N[C@@H](Nc1ccccc1Cl)C(Cl)(Cl)Cl)c1ccccc1[N+](=O)[O-]. The second-order valence-electron chi connectivity index (χ2n) is 4.85. The molecule has 0 aromatic heterocycles. The van der Waals surface area contributed by atoms with E-state index < -0.39 is 20.8 Å². The Morgan fingerprint density at radius 1 is 1.08 bits per heavy atom. The summed E-state index contributed by atoms with van der Waals surface area (Å²) in [7, 11) is 0. The number of nitro groups is 1. The number of benzene rings is 2. The zero-order valence-electron chi connectivity index (χ0n) is 12.4. The number of nitrogens with one attached hydrogen (secondary N) is 2. The molecule has 2 aromatic carbocycles. The molecule has 0 aliphatic rings. The van der Waals surface area contributed by atoms with Crippen molar-refractivity contribution in [3.8, 4) is 0 Å². The van der Waals surface area contributed by atoms with Crippen molar-refractivity contribution in [3.05, 3.63) is 69.2 Å². The first kappa shape index (κ1) is 19.6. The third kappa shape index (κ3) is 5.12. The van der Waals surface area contributed by atoms with E-state index in [1.54, 1.807) is 24.3 Å². The van der Waals surface area contributed by atoms with Crippen LogP contribution in [-0.2, 0) is 0 Å². The second-order valence-corrected chi connectivity index (χ2v) is 7.62. The lowest BCUT2D eigenvalue weighted by Gasteiger charge is -2.27. The summed E-state index contributed by atoms with van der Waals surface area (Å²) in [6, 6.07) is 12.1. The molecule has 0 bridgehead atoms. The van der Waals surface area contributed by atoms with Crippen molar-refractivity contribution >= 4 is 63.7 Å². The summed E-state index contributed by atoms with van der Waals surface area (Å²) in [6.45, 7) is 0. The van der Waals surface area contributed by atoms with Gasteiger partial charge in [0.05, 0.1) is 15.6 Å². The number of hydrogen-bond donors (Lipinski definition) is 2. The summed E-state index contributed by atoms with van der Waals surface area (Å²) in [5, 5.41) is 16.6. The second kappa shape index (κ2) is 8.10. The molecule has 0 heterocycles. The van der Waals surface area contributed by atoms with E-state index in [4.69, 9.17) is 46.4 Å². The number of para-hydroxylation sites is 2. The predicted molar refractivity (Wildman–Crippen MR) is 99.7 cm³/mol. The molecule has 10 heteroatoms. The number of carbonyl (C=O) groups excluding carboxylic acids is 1. The highest BCUT2D eigenvalue weighted by molar-refractivity contribution is 6.68. The van der Waals surface area contributed by atoms with Crippen molar-refractivity contribution < 1.29 is 9.72 Å². The van der Waals surface area contributed by atoms with Crippen LogP contribution in [0, 0.1) is 10.1 Å². The van der Waals surface area contributed by atoms with Crippen LogP contribution < -0.4 is 10.6 Å². The van der Waals surface area contributed by atoms with Gasteiger partial charge in [-0.1, -0.05) is 70.7 Å². The monoisotopic (exact) mass is 421 g/mol. The highest BCUT2D eigenvalue weighted by Gasteiger charge is 2.35. The van der Waals surface area contributed by atoms with E-state index in [0.717, 1.165) is 0 Å². The molecule has 1 amide bonds. The molecule has 0 saturated heterocycles. The van der Waals surface area contributed by atoms with Crippen LogP contribution in [0.25, 0.3) is 0 Å². The molecule has 0 spiro atoms. The molecule has 0 aliphatic carbocycles. The number of hydrogen-bond acceptors (Lipinski definition) is 4. The molecular formula is C15H11Cl4N3O3. The Bertz CT molecular complexity index is 796. The fraction of sp³-hybridized carbons (Fsp3) is 0.133. The van der Waals surface area contributed by atoms with Crippen molar-refractivity contribution in [2.75, 3.05) is 5.32 Å². The maximum absolute atomic E-state index is 12.4. The van der Waals surface area contributed by atoms with Gasteiger partial charge in [-0.05, 0) is 18.2 Å². The van der Waals surface area contributed by atoms with Crippen molar-refractivity contribution in [2.24, 2.45) is 0 Å². The first-order valence-corrected chi connectivity index (χ1v) is 8.33. The van der Waals surface area contributed by atoms with E-state index in [-0.39, 0.29) is 11.3 Å². The number of nitro benzene ring substituents is 1. The van der Waals surface area contributed by atoms with E-state index in [0.29, 0.717) is 10.7 Å². The van der Waals surface area contributed by atoms with Crippen LogP contribution in [0.1, 0.15) is 10.4 Å². The van der Waals surface area contributed by atoms with E-state index >= 15 is 0 Å². The average Bonchev–Trinajstić information content (AvgIpc) is 2.55. The van der Waals surface area contributed by atoms with Gasteiger partial charge in [-0.15, -0.1) is 0 Å². The number of carbonyl (C=O) groups is 1. The Balaban J connectivity index is 2.28. The molecule has 1 atom stereocenters. The van der Waals surface area contributed by atoms with E-state index in [1.165, 1.54) is 24.3 Å². The zero-order chi connectivity index (χ0) is 18.6. The van der Waals surface area contributed by atoms with Gasteiger partial charge in [0.25, 0.3) is 11.6 Å². The van der Waals surface area contributed by atoms with Gasteiger partial charge in [-0.25, -0.2) is 0 Å². The minimum atomic E-state index is -1.95. The molecule has 0 unspecified atom stereocenters. The summed E-state index contributed by atoms with van der Waals surface area (Å²) < 4.78 is -1.95. The van der Waals surface area contributed by atoms with Crippen molar-refractivity contribution in [1.29, 1.82) is 0 Å². The summed E-state index contributed by atoms with van der Waals surface area (Å²) >= 11 is 23.8. The number of alkyl halides is 3. The normalized spacial score (nSPS) is 12.3. The van der Waals surface area contributed by atoms with E-state index in [1.807, 2.05) is 0 Å². The van der Waals surface area contributed by atoms with Gasteiger partial charge < -0.3 is 10.6 Å². The number of amides is 1. The lowest BCUT2D eigenvalue weighted by atomic mass is 10.1. The number of rotatable bonds is 5. The van der Waals surface area contributed by atoms with Gasteiger partial charge in [-0.2, -0.15) is 0 Å².